The highest BCUT2D eigenvalue weighted by molar-refractivity contribution is 7.13. The van der Waals surface area contributed by atoms with Crippen LogP contribution in [0.25, 0.3) is 10.7 Å². The lowest BCUT2D eigenvalue weighted by Crippen LogP contribution is -1.88. The number of aryl methyl sites for hydroxylation is 1. The Kier molecular flexibility index (Phi) is 4.16. The lowest BCUT2D eigenvalue weighted by molar-refractivity contribution is 0.899. The van der Waals surface area contributed by atoms with E-state index in [0.29, 0.717) is 10.9 Å². The van der Waals surface area contributed by atoms with Crippen LogP contribution in [0.15, 0.2) is 23.7 Å². The first-order valence-electron chi connectivity index (χ1n) is 4.92. The standard InChI is InChI=1S/C11H10Cl2N2S/c12-5-1-3-8-7-16-11(15-8)10-9(13)4-2-6-14-10/h2,4,6-7H,1,3,5H2. The summed E-state index contributed by atoms with van der Waals surface area (Å²) >= 11 is 13.3. The molecule has 0 radical (unpaired) electrons. The van der Waals surface area contributed by atoms with Crippen LogP contribution in [0.5, 0.6) is 0 Å². The molecule has 0 saturated carbocycles. The van der Waals surface area contributed by atoms with E-state index in [9.17, 15) is 0 Å². The van der Waals surface area contributed by atoms with Crippen molar-refractivity contribution >= 4 is 34.5 Å². The predicted molar refractivity (Wildman–Crippen MR) is 69.4 cm³/mol. The van der Waals surface area contributed by atoms with Crippen molar-refractivity contribution in [2.75, 3.05) is 5.88 Å². The van der Waals surface area contributed by atoms with E-state index in [1.165, 1.54) is 0 Å². The van der Waals surface area contributed by atoms with E-state index in [-0.39, 0.29) is 0 Å². The zero-order valence-electron chi connectivity index (χ0n) is 8.49. The second kappa shape index (κ2) is 5.62. The van der Waals surface area contributed by atoms with Crippen LogP contribution in [0.4, 0.5) is 0 Å². The second-order valence-corrected chi connectivity index (χ2v) is 4.91. The normalized spacial score (nSPS) is 10.6. The monoisotopic (exact) mass is 272 g/mol. The summed E-state index contributed by atoms with van der Waals surface area (Å²) in [7, 11) is 0. The van der Waals surface area contributed by atoms with E-state index in [2.05, 4.69) is 9.97 Å². The SMILES string of the molecule is ClCCCc1csc(-c2ncccc2Cl)n1. The topological polar surface area (TPSA) is 25.8 Å². The molecule has 0 bridgehead atoms. The van der Waals surface area contributed by atoms with Crippen molar-refractivity contribution in [2.45, 2.75) is 12.8 Å². The van der Waals surface area contributed by atoms with Gasteiger partial charge in [0.25, 0.3) is 0 Å². The van der Waals surface area contributed by atoms with Crippen molar-refractivity contribution in [2.24, 2.45) is 0 Å². The molecule has 2 heterocycles. The Morgan fingerprint density at radius 1 is 1.38 bits per heavy atom. The molecule has 5 heteroatoms. The highest BCUT2D eigenvalue weighted by Crippen LogP contribution is 2.28. The number of nitrogens with zero attached hydrogens (tertiary/aromatic N) is 2. The number of hydrogen-bond acceptors (Lipinski definition) is 3. The van der Waals surface area contributed by atoms with Crippen molar-refractivity contribution < 1.29 is 0 Å². The van der Waals surface area contributed by atoms with Gasteiger partial charge in [-0.05, 0) is 25.0 Å². The molecule has 2 aromatic rings. The molecule has 0 fully saturated rings. The molecule has 0 aliphatic rings. The van der Waals surface area contributed by atoms with Crippen LogP contribution in [0.3, 0.4) is 0 Å². The third-order valence-electron chi connectivity index (χ3n) is 2.08. The minimum Gasteiger partial charge on any atom is -0.252 e. The fraction of sp³-hybridized carbons (Fsp3) is 0.273. The van der Waals surface area contributed by atoms with Gasteiger partial charge < -0.3 is 0 Å². The Morgan fingerprint density at radius 3 is 3.00 bits per heavy atom. The number of aromatic nitrogens is 2. The third-order valence-corrected chi connectivity index (χ3v) is 3.55. The Morgan fingerprint density at radius 2 is 2.25 bits per heavy atom. The summed E-state index contributed by atoms with van der Waals surface area (Å²) in [5.74, 6) is 0.664. The predicted octanol–water partition coefficient (Wildman–Crippen LogP) is 4.03. The molecule has 2 nitrogen and oxygen atoms in total. The van der Waals surface area contributed by atoms with Crippen molar-refractivity contribution in [3.63, 3.8) is 0 Å². The van der Waals surface area contributed by atoms with Gasteiger partial charge in [-0.3, -0.25) is 4.98 Å². The third kappa shape index (κ3) is 2.73. The first kappa shape index (κ1) is 11.8. The van der Waals surface area contributed by atoms with E-state index < -0.39 is 0 Å². The van der Waals surface area contributed by atoms with E-state index in [0.717, 1.165) is 29.2 Å². The quantitative estimate of drug-likeness (QED) is 0.786. The molecule has 0 aliphatic heterocycles. The van der Waals surface area contributed by atoms with Gasteiger partial charge in [-0.15, -0.1) is 22.9 Å². The number of hydrogen-bond donors (Lipinski definition) is 0. The average molecular weight is 273 g/mol. The molecule has 0 unspecified atom stereocenters. The molecule has 0 aromatic carbocycles. The maximum atomic E-state index is 6.06. The number of alkyl halides is 1. The molecule has 2 aromatic heterocycles. The summed E-state index contributed by atoms with van der Waals surface area (Å²) in [6, 6.07) is 3.64. The largest absolute Gasteiger partial charge is 0.252 e. The van der Waals surface area contributed by atoms with Crippen LogP contribution < -0.4 is 0 Å². The zero-order valence-corrected chi connectivity index (χ0v) is 10.8. The van der Waals surface area contributed by atoms with Crippen LogP contribution in [-0.2, 0) is 6.42 Å². The Balaban J connectivity index is 2.22. The lowest BCUT2D eigenvalue weighted by atomic mass is 10.3. The van der Waals surface area contributed by atoms with Crippen molar-refractivity contribution in [1.29, 1.82) is 0 Å². The molecule has 0 saturated heterocycles. The summed E-state index contributed by atoms with van der Waals surface area (Å²) < 4.78 is 0. The van der Waals surface area contributed by atoms with Gasteiger partial charge in [0.2, 0.25) is 0 Å². The van der Waals surface area contributed by atoms with Gasteiger partial charge in [-0.1, -0.05) is 11.6 Å². The summed E-state index contributed by atoms with van der Waals surface area (Å²) in [6.07, 6.45) is 3.58. The molecule has 0 spiro atoms. The average Bonchev–Trinajstić information content (AvgIpc) is 2.75. The maximum Gasteiger partial charge on any atom is 0.143 e. The Labute approximate surface area is 108 Å². The number of rotatable bonds is 4. The van der Waals surface area contributed by atoms with Crippen LogP contribution >= 0.6 is 34.5 Å². The van der Waals surface area contributed by atoms with Crippen LogP contribution in [0, 0.1) is 0 Å². The number of thiazole rings is 1. The minimum atomic E-state index is 0.640. The fourth-order valence-electron chi connectivity index (χ4n) is 1.32. The molecule has 84 valence electrons. The molecule has 16 heavy (non-hydrogen) atoms. The van der Waals surface area contributed by atoms with E-state index >= 15 is 0 Å². The highest BCUT2D eigenvalue weighted by Gasteiger charge is 2.09. The van der Waals surface area contributed by atoms with E-state index in [1.807, 2.05) is 17.5 Å². The van der Waals surface area contributed by atoms with Gasteiger partial charge >= 0.3 is 0 Å². The van der Waals surface area contributed by atoms with Gasteiger partial charge in [-0.2, -0.15) is 0 Å². The maximum absolute atomic E-state index is 6.06. The highest BCUT2D eigenvalue weighted by atomic mass is 35.5. The molecule has 2 rings (SSSR count). The first-order valence-corrected chi connectivity index (χ1v) is 6.71. The minimum absolute atomic E-state index is 0.640. The summed E-state index contributed by atoms with van der Waals surface area (Å²) in [6.45, 7) is 0. The summed E-state index contributed by atoms with van der Waals surface area (Å²) in [5.41, 5.74) is 1.81. The number of halogens is 2. The van der Waals surface area contributed by atoms with Gasteiger partial charge in [0.15, 0.2) is 0 Å². The molecule has 0 N–H and O–H groups in total. The lowest BCUT2D eigenvalue weighted by Gasteiger charge is -1.97. The van der Waals surface area contributed by atoms with Gasteiger partial charge in [0.1, 0.15) is 10.7 Å². The van der Waals surface area contributed by atoms with Gasteiger partial charge in [0.05, 0.1) is 10.7 Å². The number of pyridine rings is 1. The Hall–Kier alpha value is -0.640. The zero-order chi connectivity index (χ0) is 11.4. The second-order valence-electron chi connectivity index (χ2n) is 3.27. The molecule has 0 aliphatic carbocycles. The van der Waals surface area contributed by atoms with Gasteiger partial charge in [0, 0.05) is 17.5 Å². The Bertz CT molecular complexity index is 471. The van der Waals surface area contributed by atoms with Crippen molar-refractivity contribution in [3.05, 3.63) is 34.4 Å². The molecular formula is C11H10Cl2N2S. The van der Waals surface area contributed by atoms with Crippen molar-refractivity contribution in [3.8, 4) is 10.7 Å². The smallest absolute Gasteiger partial charge is 0.143 e. The van der Waals surface area contributed by atoms with Gasteiger partial charge in [-0.25, -0.2) is 4.98 Å². The summed E-state index contributed by atoms with van der Waals surface area (Å²) in [4.78, 5) is 8.72. The first-order chi connectivity index (χ1) is 7.81. The molecular weight excluding hydrogens is 263 g/mol. The summed E-state index contributed by atoms with van der Waals surface area (Å²) in [5, 5.41) is 3.54. The van der Waals surface area contributed by atoms with E-state index in [4.69, 9.17) is 23.2 Å². The van der Waals surface area contributed by atoms with Crippen LogP contribution in [0.1, 0.15) is 12.1 Å². The van der Waals surface area contributed by atoms with E-state index in [1.54, 1.807) is 17.5 Å². The molecule has 0 atom stereocenters. The fourth-order valence-corrected chi connectivity index (χ4v) is 2.58. The van der Waals surface area contributed by atoms with Crippen LogP contribution in [-0.4, -0.2) is 15.8 Å². The van der Waals surface area contributed by atoms with Crippen molar-refractivity contribution in [1.82, 2.24) is 9.97 Å². The molecule has 0 amide bonds. The van der Waals surface area contributed by atoms with Crippen LogP contribution in [0.2, 0.25) is 5.02 Å².